The van der Waals surface area contributed by atoms with E-state index in [1.807, 2.05) is 23.5 Å². The molecule has 0 amide bonds. The van der Waals surface area contributed by atoms with Gasteiger partial charge >= 0.3 is 0 Å². The second kappa shape index (κ2) is 6.81. The number of nitrogens with one attached hydrogen (secondary N) is 1. The van der Waals surface area contributed by atoms with Crippen LogP contribution in [0, 0.1) is 0 Å². The van der Waals surface area contributed by atoms with Gasteiger partial charge in [-0.05, 0) is 46.3 Å². The average molecular weight is 368 g/mol. The number of hydrogen-bond acceptors (Lipinski definition) is 3. The number of nitrogens with zero attached hydrogens (tertiary/aromatic N) is 1. The molecule has 1 fully saturated rings. The van der Waals surface area contributed by atoms with Gasteiger partial charge in [0.05, 0.1) is 38.2 Å². The summed E-state index contributed by atoms with van der Waals surface area (Å²) in [5.74, 6) is 0.922. The Morgan fingerprint density at radius 3 is 2.52 bits per heavy atom. The first-order valence-corrected chi connectivity index (χ1v) is 8.87. The molecule has 3 rings (SSSR count). The van der Waals surface area contributed by atoms with Crippen LogP contribution in [0.3, 0.4) is 0 Å². The Morgan fingerprint density at radius 2 is 1.95 bits per heavy atom. The van der Waals surface area contributed by atoms with E-state index < -0.39 is 0 Å². The molecule has 1 aliphatic rings. The fourth-order valence-electron chi connectivity index (χ4n) is 2.74. The number of halogens is 1. The summed E-state index contributed by atoms with van der Waals surface area (Å²) in [6.07, 6.45) is 0. The molecule has 0 unspecified atom stereocenters. The van der Waals surface area contributed by atoms with E-state index >= 15 is 0 Å². The molecular weight excluding hydrogens is 348 g/mol. The van der Waals surface area contributed by atoms with E-state index in [-0.39, 0.29) is 0 Å². The number of quaternary nitrogens is 1. The van der Waals surface area contributed by atoms with Gasteiger partial charge in [-0.15, -0.1) is 11.3 Å². The molecule has 0 atom stereocenters. The Labute approximate surface area is 138 Å². The highest BCUT2D eigenvalue weighted by molar-refractivity contribution is 9.10. The minimum atomic E-state index is 0.922. The fraction of sp³-hybridized carbons (Fsp3) is 0.375. The van der Waals surface area contributed by atoms with Crippen LogP contribution in [-0.4, -0.2) is 33.3 Å². The largest absolute Gasteiger partial charge is 0.497 e. The van der Waals surface area contributed by atoms with Crippen molar-refractivity contribution in [3.63, 3.8) is 0 Å². The Balaban J connectivity index is 1.54. The molecule has 21 heavy (non-hydrogen) atoms. The van der Waals surface area contributed by atoms with Crippen molar-refractivity contribution < 1.29 is 9.64 Å². The first-order chi connectivity index (χ1) is 10.2. The molecule has 0 bridgehead atoms. The molecule has 1 aromatic heterocycles. The highest BCUT2D eigenvalue weighted by atomic mass is 79.9. The Morgan fingerprint density at radius 1 is 1.24 bits per heavy atom. The van der Waals surface area contributed by atoms with E-state index in [4.69, 9.17) is 4.74 Å². The monoisotopic (exact) mass is 367 g/mol. The van der Waals surface area contributed by atoms with E-state index in [0.717, 1.165) is 25.4 Å². The van der Waals surface area contributed by atoms with Crippen molar-refractivity contribution in [2.45, 2.75) is 6.54 Å². The van der Waals surface area contributed by atoms with Crippen LogP contribution < -0.4 is 14.5 Å². The van der Waals surface area contributed by atoms with E-state index in [0.29, 0.717) is 0 Å². The summed E-state index contributed by atoms with van der Waals surface area (Å²) in [5.41, 5.74) is 1.30. The first-order valence-electron chi connectivity index (χ1n) is 7.20. The van der Waals surface area contributed by atoms with Gasteiger partial charge in [-0.1, -0.05) is 0 Å². The quantitative estimate of drug-likeness (QED) is 0.893. The number of ether oxygens (including phenoxy) is 1. The Bertz CT molecular complexity index is 576. The molecule has 0 radical (unpaired) electrons. The zero-order valence-electron chi connectivity index (χ0n) is 12.1. The van der Waals surface area contributed by atoms with Crippen LogP contribution in [0.5, 0.6) is 5.75 Å². The molecule has 1 aromatic carbocycles. The molecule has 1 N–H and O–H groups in total. The van der Waals surface area contributed by atoms with Crippen LogP contribution in [0.15, 0.2) is 40.2 Å². The summed E-state index contributed by atoms with van der Waals surface area (Å²) in [6, 6.07) is 10.6. The minimum Gasteiger partial charge on any atom is -0.497 e. The molecule has 2 aromatic rings. The smallest absolute Gasteiger partial charge is 0.119 e. The summed E-state index contributed by atoms with van der Waals surface area (Å²) < 4.78 is 6.42. The van der Waals surface area contributed by atoms with Crippen LogP contribution in [0.2, 0.25) is 0 Å². The lowest BCUT2D eigenvalue weighted by atomic mass is 10.2. The normalized spacial score (nSPS) is 16.2. The van der Waals surface area contributed by atoms with Crippen molar-refractivity contribution >= 4 is 33.0 Å². The van der Waals surface area contributed by atoms with Crippen molar-refractivity contribution in [1.82, 2.24) is 0 Å². The Kier molecular flexibility index (Phi) is 4.83. The molecular formula is C16H20BrN2OS+. The van der Waals surface area contributed by atoms with Gasteiger partial charge in [-0.25, -0.2) is 0 Å². The molecule has 112 valence electrons. The van der Waals surface area contributed by atoms with Crippen LogP contribution in [0.4, 0.5) is 5.69 Å². The van der Waals surface area contributed by atoms with Gasteiger partial charge in [0, 0.05) is 15.5 Å². The summed E-state index contributed by atoms with van der Waals surface area (Å²) in [4.78, 5) is 5.61. The molecule has 3 nitrogen and oxygen atoms in total. The minimum absolute atomic E-state index is 0.922. The molecule has 0 saturated carbocycles. The number of benzene rings is 1. The second-order valence-corrected chi connectivity index (χ2v) is 7.25. The molecule has 1 aliphatic heterocycles. The van der Waals surface area contributed by atoms with Crippen molar-refractivity contribution in [1.29, 1.82) is 0 Å². The summed E-state index contributed by atoms with van der Waals surface area (Å²) in [7, 11) is 1.71. The van der Waals surface area contributed by atoms with Crippen molar-refractivity contribution in [3.05, 3.63) is 45.1 Å². The maximum Gasteiger partial charge on any atom is 0.119 e. The van der Waals surface area contributed by atoms with Crippen molar-refractivity contribution in [2.75, 3.05) is 38.2 Å². The van der Waals surface area contributed by atoms with Crippen LogP contribution in [0.25, 0.3) is 0 Å². The van der Waals surface area contributed by atoms with E-state index in [1.54, 1.807) is 12.0 Å². The van der Waals surface area contributed by atoms with E-state index in [2.05, 4.69) is 44.4 Å². The number of hydrogen-bond donors (Lipinski definition) is 1. The SMILES string of the molecule is COc1ccc(N2CC[NH+](Cc3cc(Br)cs3)CC2)cc1. The predicted octanol–water partition coefficient (Wildman–Crippen LogP) is 2.42. The number of anilines is 1. The van der Waals surface area contributed by atoms with Crippen molar-refractivity contribution in [2.24, 2.45) is 0 Å². The number of methoxy groups -OCH3 is 1. The lowest BCUT2D eigenvalue weighted by Gasteiger charge is -2.33. The number of thiophene rings is 1. The van der Waals surface area contributed by atoms with Crippen LogP contribution >= 0.6 is 27.3 Å². The number of piperazine rings is 1. The predicted molar refractivity (Wildman–Crippen MR) is 91.6 cm³/mol. The lowest BCUT2D eigenvalue weighted by Crippen LogP contribution is -3.13. The molecule has 2 heterocycles. The van der Waals surface area contributed by atoms with Gasteiger partial charge in [0.1, 0.15) is 12.3 Å². The van der Waals surface area contributed by atoms with Gasteiger partial charge in [0.25, 0.3) is 0 Å². The maximum atomic E-state index is 5.22. The first kappa shape index (κ1) is 14.9. The van der Waals surface area contributed by atoms with Gasteiger partial charge in [0.2, 0.25) is 0 Å². The van der Waals surface area contributed by atoms with Crippen molar-refractivity contribution in [3.8, 4) is 5.75 Å². The molecule has 5 heteroatoms. The van der Waals surface area contributed by atoms with E-state index in [1.165, 1.54) is 28.1 Å². The zero-order valence-corrected chi connectivity index (χ0v) is 14.5. The van der Waals surface area contributed by atoms with Crippen LogP contribution in [0.1, 0.15) is 4.88 Å². The average Bonchev–Trinajstić information content (AvgIpc) is 2.93. The van der Waals surface area contributed by atoms with Gasteiger partial charge in [-0.3, -0.25) is 0 Å². The van der Waals surface area contributed by atoms with Gasteiger partial charge in [-0.2, -0.15) is 0 Å². The molecule has 0 spiro atoms. The third-order valence-electron chi connectivity index (χ3n) is 3.95. The third kappa shape index (κ3) is 3.78. The highest BCUT2D eigenvalue weighted by Crippen LogP contribution is 2.20. The topological polar surface area (TPSA) is 16.9 Å². The standard InChI is InChI=1S/C16H19BrN2OS/c1-20-15-4-2-14(3-5-15)19-8-6-18(7-9-19)11-16-10-13(17)12-21-16/h2-5,10,12H,6-9,11H2,1H3/p+1. The third-order valence-corrected chi connectivity index (χ3v) is 5.65. The van der Waals surface area contributed by atoms with Gasteiger partial charge < -0.3 is 14.5 Å². The zero-order chi connectivity index (χ0) is 14.7. The summed E-state index contributed by atoms with van der Waals surface area (Å²) in [5, 5.41) is 2.17. The summed E-state index contributed by atoms with van der Waals surface area (Å²) >= 11 is 5.38. The fourth-order valence-corrected chi connectivity index (χ4v) is 4.27. The number of rotatable bonds is 4. The van der Waals surface area contributed by atoms with Crippen LogP contribution in [-0.2, 0) is 6.54 Å². The maximum absolute atomic E-state index is 5.22. The Hall–Kier alpha value is -1.04. The second-order valence-electron chi connectivity index (χ2n) is 5.34. The van der Waals surface area contributed by atoms with E-state index in [9.17, 15) is 0 Å². The highest BCUT2D eigenvalue weighted by Gasteiger charge is 2.20. The molecule has 0 aliphatic carbocycles. The molecule has 1 saturated heterocycles. The lowest BCUT2D eigenvalue weighted by molar-refractivity contribution is -0.914. The van der Waals surface area contributed by atoms with Gasteiger partial charge in [0.15, 0.2) is 0 Å². The summed E-state index contributed by atoms with van der Waals surface area (Å²) in [6.45, 7) is 5.78.